The molecule has 2 unspecified atom stereocenters. The van der Waals surface area contributed by atoms with Crippen LogP contribution in [-0.2, 0) is 14.3 Å². The van der Waals surface area contributed by atoms with Crippen molar-refractivity contribution >= 4 is 11.8 Å². The summed E-state index contributed by atoms with van der Waals surface area (Å²) in [6.45, 7) is 7.13. The second-order valence-electron chi connectivity index (χ2n) is 5.70. The molecule has 110 valence electrons. The number of hydrogen-bond donors (Lipinski definition) is 1. The van der Waals surface area contributed by atoms with Crippen LogP contribution in [0.2, 0.25) is 0 Å². The molecule has 2 atom stereocenters. The topological polar surface area (TPSA) is 63.6 Å². The Balaban J connectivity index is 3.15. The average molecular weight is 278 g/mol. The molecule has 4 heteroatoms. The molecule has 0 heterocycles. The first-order valence-electron chi connectivity index (χ1n) is 6.73. The Morgan fingerprint density at radius 3 is 2.20 bits per heavy atom. The molecule has 1 N–H and O–H groups in total. The quantitative estimate of drug-likeness (QED) is 0.839. The van der Waals surface area contributed by atoms with Gasteiger partial charge in [0.2, 0.25) is 0 Å². The van der Waals surface area contributed by atoms with Crippen LogP contribution in [0.1, 0.15) is 39.2 Å². The third-order valence-corrected chi connectivity index (χ3v) is 3.02. The Morgan fingerprint density at radius 2 is 1.75 bits per heavy atom. The lowest BCUT2D eigenvalue weighted by Crippen LogP contribution is -2.39. The second kappa shape index (κ2) is 6.66. The Bertz CT molecular complexity index is 459. The SMILES string of the molecule is CCOC(=O)C(O)C(C(=O)C(C)(C)C)c1ccccc1. The highest BCUT2D eigenvalue weighted by atomic mass is 16.5. The van der Waals surface area contributed by atoms with Crippen LogP contribution in [-0.4, -0.2) is 29.6 Å². The molecular weight excluding hydrogens is 256 g/mol. The van der Waals surface area contributed by atoms with Crippen LogP contribution in [0.3, 0.4) is 0 Å². The normalized spacial score (nSPS) is 14.4. The van der Waals surface area contributed by atoms with Crippen molar-refractivity contribution in [1.29, 1.82) is 0 Å². The van der Waals surface area contributed by atoms with Gasteiger partial charge >= 0.3 is 5.97 Å². The first-order chi connectivity index (χ1) is 9.29. The molecular formula is C16H22O4. The van der Waals surface area contributed by atoms with E-state index < -0.39 is 23.4 Å². The van der Waals surface area contributed by atoms with Gasteiger partial charge in [0, 0.05) is 5.41 Å². The number of aliphatic hydroxyl groups excluding tert-OH is 1. The first-order valence-corrected chi connectivity index (χ1v) is 6.73. The number of ether oxygens (including phenoxy) is 1. The van der Waals surface area contributed by atoms with Gasteiger partial charge in [-0.15, -0.1) is 0 Å². The van der Waals surface area contributed by atoms with Gasteiger partial charge in [-0.3, -0.25) is 4.79 Å². The minimum absolute atomic E-state index is 0.168. The summed E-state index contributed by atoms with van der Waals surface area (Å²) < 4.78 is 4.83. The monoisotopic (exact) mass is 278 g/mol. The summed E-state index contributed by atoms with van der Waals surface area (Å²) in [7, 11) is 0. The number of Topliss-reactive ketones (excluding diaryl/α,β-unsaturated/α-hetero) is 1. The second-order valence-corrected chi connectivity index (χ2v) is 5.70. The molecule has 0 aliphatic rings. The van der Waals surface area contributed by atoms with Crippen molar-refractivity contribution in [3.63, 3.8) is 0 Å². The largest absolute Gasteiger partial charge is 0.464 e. The first kappa shape index (κ1) is 16.4. The van der Waals surface area contributed by atoms with Gasteiger partial charge in [0.1, 0.15) is 5.78 Å². The van der Waals surface area contributed by atoms with Crippen LogP contribution >= 0.6 is 0 Å². The van der Waals surface area contributed by atoms with Crippen molar-refractivity contribution in [3.8, 4) is 0 Å². The zero-order chi connectivity index (χ0) is 15.3. The van der Waals surface area contributed by atoms with E-state index in [1.165, 1.54) is 0 Å². The molecule has 1 rings (SSSR count). The van der Waals surface area contributed by atoms with Crippen LogP contribution in [0.4, 0.5) is 0 Å². The van der Waals surface area contributed by atoms with Crippen LogP contribution < -0.4 is 0 Å². The minimum Gasteiger partial charge on any atom is -0.464 e. The molecule has 1 aromatic carbocycles. The highest BCUT2D eigenvalue weighted by molar-refractivity contribution is 5.95. The van der Waals surface area contributed by atoms with Crippen LogP contribution in [0.25, 0.3) is 0 Å². The predicted octanol–water partition coefficient (Wildman–Crippen LogP) is 2.31. The van der Waals surface area contributed by atoms with Gasteiger partial charge in [-0.2, -0.15) is 0 Å². The fourth-order valence-corrected chi connectivity index (χ4v) is 1.97. The van der Waals surface area contributed by atoms with Crippen molar-refractivity contribution in [2.24, 2.45) is 5.41 Å². The summed E-state index contributed by atoms with van der Waals surface area (Å²) in [6.07, 6.45) is -1.48. The summed E-state index contributed by atoms with van der Waals surface area (Å²) in [6, 6.07) is 8.83. The van der Waals surface area contributed by atoms with Crippen molar-refractivity contribution in [3.05, 3.63) is 35.9 Å². The van der Waals surface area contributed by atoms with E-state index in [1.807, 2.05) is 6.07 Å². The number of ketones is 1. The Hall–Kier alpha value is -1.68. The summed E-state index contributed by atoms with van der Waals surface area (Å²) in [4.78, 5) is 24.3. The van der Waals surface area contributed by atoms with Crippen molar-refractivity contribution < 1.29 is 19.4 Å². The number of aliphatic hydroxyl groups is 1. The maximum Gasteiger partial charge on any atom is 0.336 e. The molecule has 0 aliphatic heterocycles. The van der Waals surface area contributed by atoms with E-state index in [0.29, 0.717) is 5.56 Å². The zero-order valence-corrected chi connectivity index (χ0v) is 12.4. The molecule has 0 saturated carbocycles. The highest BCUT2D eigenvalue weighted by Gasteiger charge is 2.39. The smallest absolute Gasteiger partial charge is 0.336 e. The van der Waals surface area contributed by atoms with Gasteiger partial charge in [0.05, 0.1) is 12.5 Å². The Labute approximate surface area is 119 Å². The molecule has 0 saturated heterocycles. The van der Waals surface area contributed by atoms with Gasteiger partial charge in [0.15, 0.2) is 6.10 Å². The number of esters is 1. The number of carbonyl (C=O) groups excluding carboxylic acids is 2. The standard InChI is InChI=1S/C16H22O4/c1-5-20-15(19)13(17)12(14(18)16(2,3)4)11-9-7-6-8-10-11/h6-10,12-13,17H,5H2,1-4H3. The van der Waals surface area contributed by atoms with E-state index in [-0.39, 0.29) is 12.4 Å². The lowest BCUT2D eigenvalue weighted by atomic mass is 9.77. The van der Waals surface area contributed by atoms with Gasteiger partial charge in [-0.25, -0.2) is 4.79 Å². The van der Waals surface area contributed by atoms with E-state index in [1.54, 1.807) is 52.0 Å². The molecule has 0 radical (unpaired) electrons. The maximum atomic E-state index is 12.5. The lowest BCUT2D eigenvalue weighted by molar-refractivity contribution is -0.157. The van der Waals surface area contributed by atoms with Crippen molar-refractivity contribution in [1.82, 2.24) is 0 Å². The van der Waals surface area contributed by atoms with Crippen LogP contribution in [0.5, 0.6) is 0 Å². The van der Waals surface area contributed by atoms with E-state index in [4.69, 9.17) is 4.74 Å². The van der Waals surface area contributed by atoms with Crippen LogP contribution in [0, 0.1) is 5.41 Å². The highest BCUT2D eigenvalue weighted by Crippen LogP contribution is 2.30. The van der Waals surface area contributed by atoms with Gasteiger partial charge in [-0.05, 0) is 12.5 Å². The minimum atomic E-state index is -1.48. The summed E-state index contributed by atoms with van der Waals surface area (Å²) in [5.41, 5.74) is -0.0402. The fraction of sp³-hybridized carbons (Fsp3) is 0.500. The lowest BCUT2D eigenvalue weighted by Gasteiger charge is -2.27. The van der Waals surface area contributed by atoms with E-state index >= 15 is 0 Å². The molecule has 0 bridgehead atoms. The van der Waals surface area contributed by atoms with Crippen LogP contribution in [0.15, 0.2) is 30.3 Å². The molecule has 0 aromatic heterocycles. The maximum absolute atomic E-state index is 12.5. The number of hydrogen-bond acceptors (Lipinski definition) is 4. The molecule has 0 spiro atoms. The molecule has 20 heavy (non-hydrogen) atoms. The summed E-state index contributed by atoms with van der Waals surface area (Å²) in [5, 5.41) is 10.2. The fourth-order valence-electron chi connectivity index (χ4n) is 1.97. The van der Waals surface area contributed by atoms with E-state index in [0.717, 1.165) is 0 Å². The summed E-state index contributed by atoms with van der Waals surface area (Å²) in [5.74, 6) is -1.86. The molecule has 0 aliphatic carbocycles. The third-order valence-electron chi connectivity index (χ3n) is 3.02. The number of rotatable bonds is 5. The van der Waals surface area contributed by atoms with Gasteiger partial charge in [-0.1, -0.05) is 51.1 Å². The van der Waals surface area contributed by atoms with Crippen molar-refractivity contribution in [2.75, 3.05) is 6.61 Å². The zero-order valence-electron chi connectivity index (χ0n) is 12.4. The number of carbonyl (C=O) groups is 2. The molecule has 1 aromatic rings. The number of benzene rings is 1. The Kier molecular flexibility index (Phi) is 5.45. The Morgan fingerprint density at radius 1 is 1.20 bits per heavy atom. The van der Waals surface area contributed by atoms with Crippen molar-refractivity contribution in [2.45, 2.75) is 39.7 Å². The summed E-state index contributed by atoms with van der Waals surface area (Å²) >= 11 is 0. The average Bonchev–Trinajstić information content (AvgIpc) is 2.39. The van der Waals surface area contributed by atoms with E-state index in [9.17, 15) is 14.7 Å². The molecule has 4 nitrogen and oxygen atoms in total. The van der Waals surface area contributed by atoms with E-state index in [2.05, 4.69) is 0 Å². The van der Waals surface area contributed by atoms with Gasteiger partial charge in [0.25, 0.3) is 0 Å². The molecule has 0 amide bonds. The molecule has 0 fully saturated rings. The predicted molar refractivity (Wildman–Crippen MR) is 76.3 cm³/mol. The van der Waals surface area contributed by atoms with Gasteiger partial charge < -0.3 is 9.84 Å². The third kappa shape index (κ3) is 3.90.